The molecule has 0 bridgehead atoms. The summed E-state index contributed by atoms with van der Waals surface area (Å²) in [6.45, 7) is 7.45. The fraction of sp³-hybridized carbons (Fsp3) is 1.00. The Labute approximate surface area is 86.8 Å². The Morgan fingerprint density at radius 1 is 1.31 bits per heavy atom. The molecule has 1 N–H and O–H groups in total. The highest BCUT2D eigenvalue weighted by molar-refractivity contribution is 7.99. The molecule has 0 amide bonds. The van der Waals surface area contributed by atoms with E-state index in [0.717, 1.165) is 25.6 Å². The minimum atomic E-state index is 0.819. The fourth-order valence-electron chi connectivity index (χ4n) is 0.917. The lowest BCUT2D eigenvalue weighted by Gasteiger charge is -2.05. The van der Waals surface area contributed by atoms with Crippen molar-refractivity contribution in [1.82, 2.24) is 5.32 Å². The molecular formula is C10H23NOS. The second-order valence-electron chi connectivity index (χ2n) is 3.57. The molecule has 0 unspecified atom stereocenters. The van der Waals surface area contributed by atoms with E-state index in [1.807, 2.05) is 0 Å². The van der Waals surface area contributed by atoms with E-state index in [4.69, 9.17) is 4.74 Å². The first-order valence-electron chi connectivity index (χ1n) is 5.04. The van der Waals surface area contributed by atoms with Crippen molar-refractivity contribution in [2.75, 3.05) is 38.3 Å². The van der Waals surface area contributed by atoms with E-state index >= 15 is 0 Å². The smallest absolute Gasteiger partial charge is 0.0587 e. The Bertz CT molecular complexity index is 98.9. The number of hydrogen-bond acceptors (Lipinski definition) is 3. The summed E-state index contributed by atoms with van der Waals surface area (Å²) in [7, 11) is 1.74. The molecule has 0 atom stereocenters. The molecule has 0 aliphatic carbocycles. The Balaban J connectivity index is 2.84. The molecule has 0 saturated carbocycles. The zero-order valence-electron chi connectivity index (χ0n) is 9.14. The van der Waals surface area contributed by atoms with E-state index in [1.54, 1.807) is 7.11 Å². The normalized spacial score (nSPS) is 11.1. The molecule has 2 nitrogen and oxygen atoms in total. The molecule has 0 aliphatic rings. The van der Waals surface area contributed by atoms with E-state index in [2.05, 4.69) is 30.9 Å². The Morgan fingerprint density at radius 2 is 2.08 bits per heavy atom. The lowest BCUT2D eigenvalue weighted by atomic mass is 10.3. The van der Waals surface area contributed by atoms with Crippen molar-refractivity contribution in [1.29, 1.82) is 0 Å². The van der Waals surface area contributed by atoms with Crippen molar-refractivity contribution in [3.05, 3.63) is 0 Å². The van der Waals surface area contributed by atoms with Crippen LogP contribution in [0.15, 0.2) is 0 Å². The molecule has 80 valence electrons. The predicted molar refractivity (Wildman–Crippen MR) is 61.5 cm³/mol. The van der Waals surface area contributed by atoms with Crippen LogP contribution in [-0.2, 0) is 4.74 Å². The first-order valence-corrected chi connectivity index (χ1v) is 6.20. The molecule has 3 heteroatoms. The predicted octanol–water partition coefficient (Wildman–Crippen LogP) is 2.00. The van der Waals surface area contributed by atoms with E-state index < -0.39 is 0 Å². The Morgan fingerprint density at radius 3 is 2.69 bits per heavy atom. The number of hydrogen-bond donors (Lipinski definition) is 1. The lowest BCUT2D eigenvalue weighted by Crippen LogP contribution is -2.20. The van der Waals surface area contributed by atoms with Crippen LogP contribution in [0, 0.1) is 5.92 Å². The van der Waals surface area contributed by atoms with Gasteiger partial charge in [0.1, 0.15) is 0 Å². The van der Waals surface area contributed by atoms with Gasteiger partial charge in [0.2, 0.25) is 0 Å². The van der Waals surface area contributed by atoms with Crippen molar-refractivity contribution in [3.8, 4) is 0 Å². The van der Waals surface area contributed by atoms with Crippen LogP contribution in [0.5, 0.6) is 0 Å². The molecule has 13 heavy (non-hydrogen) atoms. The second-order valence-corrected chi connectivity index (χ2v) is 4.71. The molecule has 0 aromatic carbocycles. The van der Waals surface area contributed by atoms with Crippen LogP contribution in [-0.4, -0.2) is 38.3 Å². The van der Waals surface area contributed by atoms with Crippen molar-refractivity contribution >= 4 is 11.8 Å². The standard InChI is InChI=1S/C10H23NOS/c1-10(2)9-13-8-4-5-11-6-7-12-3/h10-11H,4-9H2,1-3H3. The average molecular weight is 205 g/mol. The van der Waals surface area contributed by atoms with E-state index in [-0.39, 0.29) is 0 Å². The molecule has 0 rings (SSSR count). The molecule has 0 heterocycles. The molecule has 0 spiro atoms. The van der Waals surface area contributed by atoms with Gasteiger partial charge in [-0.15, -0.1) is 0 Å². The van der Waals surface area contributed by atoms with Gasteiger partial charge in [-0.1, -0.05) is 13.8 Å². The maximum atomic E-state index is 4.93. The second kappa shape index (κ2) is 10.4. The number of rotatable bonds is 9. The molecule has 0 fully saturated rings. The van der Waals surface area contributed by atoms with Crippen LogP contribution < -0.4 is 5.32 Å². The van der Waals surface area contributed by atoms with Crippen molar-refractivity contribution in [3.63, 3.8) is 0 Å². The summed E-state index contributed by atoms with van der Waals surface area (Å²) < 4.78 is 4.93. The highest BCUT2D eigenvalue weighted by atomic mass is 32.2. The summed E-state index contributed by atoms with van der Waals surface area (Å²) in [5.74, 6) is 3.39. The highest BCUT2D eigenvalue weighted by Crippen LogP contribution is 2.07. The van der Waals surface area contributed by atoms with Crippen LogP contribution in [0.4, 0.5) is 0 Å². The topological polar surface area (TPSA) is 21.3 Å². The first-order chi connectivity index (χ1) is 6.27. The summed E-state index contributed by atoms with van der Waals surface area (Å²) in [6.07, 6.45) is 1.26. The molecule has 0 aliphatic heterocycles. The van der Waals surface area contributed by atoms with Crippen LogP contribution in [0.2, 0.25) is 0 Å². The van der Waals surface area contributed by atoms with Gasteiger partial charge in [-0.2, -0.15) is 11.8 Å². The SMILES string of the molecule is COCCNCCCSCC(C)C. The maximum Gasteiger partial charge on any atom is 0.0587 e. The molecule has 0 saturated heterocycles. The third-order valence-electron chi connectivity index (χ3n) is 1.58. The van der Waals surface area contributed by atoms with Crippen molar-refractivity contribution in [2.24, 2.45) is 5.92 Å². The number of methoxy groups -OCH3 is 1. The van der Waals surface area contributed by atoms with E-state index in [1.165, 1.54) is 17.9 Å². The maximum absolute atomic E-state index is 4.93. The Hall–Kier alpha value is 0.270. The summed E-state index contributed by atoms with van der Waals surface area (Å²) >= 11 is 2.05. The fourth-order valence-corrected chi connectivity index (χ4v) is 1.90. The van der Waals surface area contributed by atoms with Crippen molar-refractivity contribution in [2.45, 2.75) is 20.3 Å². The van der Waals surface area contributed by atoms with Crippen LogP contribution in [0.25, 0.3) is 0 Å². The zero-order chi connectivity index (χ0) is 9.94. The minimum Gasteiger partial charge on any atom is -0.383 e. The van der Waals surface area contributed by atoms with Gasteiger partial charge in [0.15, 0.2) is 0 Å². The van der Waals surface area contributed by atoms with E-state index in [9.17, 15) is 0 Å². The van der Waals surface area contributed by atoms with Gasteiger partial charge in [-0.3, -0.25) is 0 Å². The van der Waals surface area contributed by atoms with Gasteiger partial charge in [0, 0.05) is 13.7 Å². The van der Waals surface area contributed by atoms with Crippen molar-refractivity contribution < 1.29 is 4.74 Å². The van der Waals surface area contributed by atoms with Gasteiger partial charge < -0.3 is 10.1 Å². The van der Waals surface area contributed by atoms with E-state index in [0.29, 0.717) is 0 Å². The van der Waals surface area contributed by atoms with Gasteiger partial charge in [-0.25, -0.2) is 0 Å². The molecule has 0 radical (unpaired) electrons. The van der Waals surface area contributed by atoms with Gasteiger partial charge in [0.05, 0.1) is 6.61 Å². The van der Waals surface area contributed by atoms with Gasteiger partial charge >= 0.3 is 0 Å². The molecular weight excluding hydrogens is 182 g/mol. The largest absolute Gasteiger partial charge is 0.383 e. The first kappa shape index (κ1) is 13.3. The lowest BCUT2D eigenvalue weighted by molar-refractivity contribution is 0.199. The van der Waals surface area contributed by atoms with Crippen LogP contribution >= 0.6 is 11.8 Å². The summed E-state index contributed by atoms with van der Waals surface area (Å²) in [6, 6.07) is 0. The number of ether oxygens (including phenoxy) is 1. The van der Waals surface area contributed by atoms with Crippen LogP contribution in [0.3, 0.4) is 0 Å². The molecule has 0 aromatic heterocycles. The van der Waals surface area contributed by atoms with Gasteiger partial charge in [0.25, 0.3) is 0 Å². The third kappa shape index (κ3) is 12.3. The number of nitrogens with one attached hydrogen (secondary N) is 1. The Kier molecular flexibility index (Phi) is 10.6. The number of thioether (sulfide) groups is 1. The monoisotopic (exact) mass is 205 g/mol. The zero-order valence-corrected chi connectivity index (χ0v) is 9.95. The highest BCUT2D eigenvalue weighted by Gasteiger charge is 1.93. The summed E-state index contributed by atoms with van der Waals surface area (Å²) in [5, 5.41) is 3.34. The van der Waals surface area contributed by atoms with Gasteiger partial charge in [-0.05, 0) is 30.4 Å². The quantitative estimate of drug-likeness (QED) is 0.582. The third-order valence-corrected chi connectivity index (χ3v) is 3.06. The van der Waals surface area contributed by atoms with Crippen LogP contribution in [0.1, 0.15) is 20.3 Å². The average Bonchev–Trinajstić information content (AvgIpc) is 2.09. The molecule has 0 aromatic rings. The minimum absolute atomic E-state index is 0.819. The summed E-state index contributed by atoms with van der Waals surface area (Å²) in [5.41, 5.74) is 0. The summed E-state index contributed by atoms with van der Waals surface area (Å²) in [4.78, 5) is 0.